The zero-order valence-electron chi connectivity index (χ0n) is 15.3. The first-order chi connectivity index (χ1) is 13.1. The van der Waals surface area contributed by atoms with Crippen LogP contribution in [0.4, 0.5) is 5.69 Å². The van der Waals surface area contributed by atoms with E-state index in [-0.39, 0.29) is 11.8 Å². The lowest BCUT2D eigenvalue weighted by Gasteiger charge is -2.32. The van der Waals surface area contributed by atoms with Crippen LogP contribution in [0.5, 0.6) is 0 Å². The van der Waals surface area contributed by atoms with Crippen LogP contribution in [0, 0.1) is 11.8 Å². The number of halogens is 1. The van der Waals surface area contributed by atoms with Crippen molar-refractivity contribution in [1.82, 2.24) is 15.2 Å². The average Bonchev–Trinajstić information content (AvgIpc) is 3.18. The molecule has 3 aromatic rings. The summed E-state index contributed by atoms with van der Waals surface area (Å²) >= 11 is 5.90. The minimum atomic E-state index is -0.00811. The number of pyridine rings is 1. The molecule has 0 saturated heterocycles. The van der Waals surface area contributed by atoms with E-state index in [0.717, 1.165) is 42.4 Å². The molecule has 1 aromatic carbocycles. The number of fused-ring (bicyclic) bond motifs is 1. The highest BCUT2D eigenvalue weighted by molar-refractivity contribution is 6.30. The van der Waals surface area contributed by atoms with Crippen molar-refractivity contribution in [2.45, 2.75) is 38.5 Å². The molecule has 2 aromatic heterocycles. The number of nitrogens with one attached hydrogen (secondary N) is 2. The van der Waals surface area contributed by atoms with E-state index >= 15 is 0 Å². The number of anilines is 1. The van der Waals surface area contributed by atoms with E-state index in [0.29, 0.717) is 16.9 Å². The van der Waals surface area contributed by atoms with Crippen LogP contribution >= 0.6 is 11.6 Å². The number of hydrogen-bond acceptors (Lipinski definition) is 3. The van der Waals surface area contributed by atoms with Crippen molar-refractivity contribution in [2.24, 2.45) is 11.8 Å². The van der Waals surface area contributed by atoms with Gasteiger partial charge in [0.2, 0.25) is 5.91 Å². The van der Waals surface area contributed by atoms with Gasteiger partial charge in [-0.2, -0.15) is 5.10 Å². The predicted molar refractivity (Wildman–Crippen MR) is 108 cm³/mol. The molecule has 140 valence electrons. The molecular weight excluding hydrogens is 360 g/mol. The second-order valence-electron chi connectivity index (χ2n) is 7.43. The largest absolute Gasteiger partial charge is 0.326 e. The molecule has 1 unspecified atom stereocenters. The van der Waals surface area contributed by atoms with Crippen molar-refractivity contribution in [3.63, 3.8) is 0 Å². The van der Waals surface area contributed by atoms with Crippen LogP contribution in [0.1, 0.15) is 44.1 Å². The van der Waals surface area contributed by atoms with E-state index in [2.05, 4.69) is 26.6 Å². The maximum atomic E-state index is 12.6. The highest BCUT2D eigenvalue weighted by atomic mass is 35.5. The third-order valence-corrected chi connectivity index (χ3v) is 6.07. The lowest BCUT2D eigenvalue weighted by Crippen LogP contribution is -2.29. The molecule has 0 radical (unpaired) electrons. The molecule has 6 heteroatoms. The summed E-state index contributed by atoms with van der Waals surface area (Å²) in [4.78, 5) is 17.0. The zero-order chi connectivity index (χ0) is 18.8. The van der Waals surface area contributed by atoms with Gasteiger partial charge in [-0.1, -0.05) is 18.5 Å². The molecule has 1 fully saturated rings. The predicted octanol–water partition coefficient (Wildman–Crippen LogP) is 5.16. The van der Waals surface area contributed by atoms with Crippen molar-refractivity contribution in [2.75, 3.05) is 5.32 Å². The summed E-state index contributed by atoms with van der Waals surface area (Å²) in [7, 11) is 0. The molecule has 4 rings (SSSR count). The van der Waals surface area contributed by atoms with Gasteiger partial charge in [0.15, 0.2) is 0 Å². The second kappa shape index (κ2) is 7.69. The third kappa shape index (κ3) is 3.83. The van der Waals surface area contributed by atoms with E-state index in [4.69, 9.17) is 11.6 Å². The van der Waals surface area contributed by atoms with Crippen LogP contribution in [0.25, 0.3) is 11.0 Å². The number of amides is 1. The number of nitrogens with zero attached hydrogens (tertiary/aromatic N) is 2. The monoisotopic (exact) mass is 382 g/mol. The van der Waals surface area contributed by atoms with Gasteiger partial charge in [0.05, 0.1) is 11.7 Å². The van der Waals surface area contributed by atoms with Gasteiger partial charge in [-0.15, -0.1) is 0 Å². The third-order valence-electron chi connectivity index (χ3n) is 5.82. The summed E-state index contributed by atoms with van der Waals surface area (Å²) in [6.07, 6.45) is 7.91. The molecule has 5 nitrogen and oxygen atoms in total. The van der Waals surface area contributed by atoms with Crippen molar-refractivity contribution < 1.29 is 4.79 Å². The van der Waals surface area contributed by atoms with Gasteiger partial charge in [-0.3, -0.25) is 14.9 Å². The zero-order valence-corrected chi connectivity index (χ0v) is 16.0. The number of rotatable bonds is 4. The molecular formula is C21H23ClN4O. The Hall–Kier alpha value is -2.40. The summed E-state index contributed by atoms with van der Waals surface area (Å²) < 4.78 is 0. The van der Waals surface area contributed by atoms with Gasteiger partial charge in [0.1, 0.15) is 5.52 Å². The van der Waals surface area contributed by atoms with Crippen molar-refractivity contribution >= 4 is 34.2 Å². The quantitative estimate of drug-likeness (QED) is 0.654. The van der Waals surface area contributed by atoms with Crippen LogP contribution < -0.4 is 5.32 Å². The summed E-state index contributed by atoms with van der Waals surface area (Å²) in [6.45, 7) is 2.04. The van der Waals surface area contributed by atoms with Crippen LogP contribution in [0.3, 0.4) is 0 Å². The fraction of sp³-hybridized carbons (Fsp3) is 0.381. The number of aromatic amines is 1. The van der Waals surface area contributed by atoms with Crippen LogP contribution in [0.15, 0.2) is 42.7 Å². The lowest BCUT2D eigenvalue weighted by atomic mass is 9.74. The average molecular weight is 383 g/mol. The van der Waals surface area contributed by atoms with Crippen molar-refractivity contribution in [3.05, 3.63) is 53.3 Å². The van der Waals surface area contributed by atoms with Gasteiger partial charge < -0.3 is 5.32 Å². The fourth-order valence-electron chi connectivity index (χ4n) is 4.15. The molecule has 1 amide bonds. The molecule has 27 heavy (non-hydrogen) atoms. The van der Waals surface area contributed by atoms with Crippen molar-refractivity contribution in [1.29, 1.82) is 0 Å². The van der Waals surface area contributed by atoms with E-state index in [9.17, 15) is 4.79 Å². The fourth-order valence-corrected chi connectivity index (χ4v) is 4.27. The number of H-pyrrole nitrogens is 1. The first-order valence-corrected chi connectivity index (χ1v) is 9.84. The summed E-state index contributed by atoms with van der Waals surface area (Å²) in [6, 6.07) is 9.35. The maximum absolute atomic E-state index is 12.6. The normalized spacial score (nSPS) is 21.1. The van der Waals surface area contributed by atoms with Crippen LogP contribution in [-0.4, -0.2) is 21.1 Å². The molecule has 1 saturated carbocycles. The summed E-state index contributed by atoms with van der Waals surface area (Å²) in [5.74, 6) is 0.984. The number of carbonyl (C=O) groups excluding carboxylic acids is 1. The first kappa shape index (κ1) is 18.0. The molecule has 2 N–H and O–H groups in total. The Bertz CT molecular complexity index is 929. The Morgan fingerprint density at radius 3 is 2.67 bits per heavy atom. The molecule has 1 aliphatic carbocycles. The minimum Gasteiger partial charge on any atom is -0.326 e. The molecule has 2 heterocycles. The Morgan fingerprint density at radius 1 is 1.19 bits per heavy atom. The summed E-state index contributed by atoms with van der Waals surface area (Å²) in [5.41, 5.74) is 4.07. The number of carbonyl (C=O) groups is 1. The second-order valence-corrected chi connectivity index (χ2v) is 7.86. The van der Waals surface area contributed by atoms with Crippen molar-refractivity contribution in [3.8, 4) is 0 Å². The minimum absolute atomic E-state index is 0.00811. The molecule has 0 aliphatic heterocycles. The Balaban J connectivity index is 1.37. The highest BCUT2D eigenvalue weighted by Gasteiger charge is 2.30. The lowest BCUT2D eigenvalue weighted by molar-refractivity contribution is -0.121. The number of benzene rings is 1. The standard InChI is InChI=1S/C21H23ClN4O/c1-13(21(27)25-17-8-6-16(22)7-9-17)14-2-4-15(5-3-14)18-10-11-23-19-12-24-26-20(18)19/h6-15H,2-5H2,1H3,(H,24,26)(H,25,27)/t13?,14-,15-. The smallest absolute Gasteiger partial charge is 0.227 e. The summed E-state index contributed by atoms with van der Waals surface area (Å²) in [5, 5.41) is 10.9. The Labute approximate surface area is 163 Å². The van der Waals surface area contributed by atoms with Gasteiger partial charge >= 0.3 is 0 Å². The van der Waals surface area contributed by atoms with Gasteiger partial charge in [0, 0.05) is 22.8 Å². The SMILES string of the molecule is CC(C(=O)Nc1ccc(Cl)cc1)[C@H]1CC[C@H](c2ccnc3cn[nH]c32)CC1. The van der Waals surface area contributed by atoms with E-state index in [1.165, 1.54) is 5.56 Å². The topological polar surface area (TPSA) is 70.7 Å². The first-order valence-electron chi connectivity index (χ1n) is 9.46. The molecule has 1 atom stereocenters. The van der Waals surface area contributed by atoms with E-state index in [1.54, 1.807) is 18.3 Å². The number of hydrogen-bond donors (Lipinski definition) is 2. The van der Waals surface area contributed by atoms with Gasteiger partial charge in [-0.25, -0.2) is 0 Å². The maximum Gasteiger partial charge on any atom is 0.227 e. The van der Waals surface area contributed by atoms with Gasteiger partial charge in [0.25, 0.3) is 0 Å². The van der Waals surface area contributed by atoms with Crippen LogP contribution in [-0.2, 0) is 4.79 Å². The van der Waals surface area contributed by atoms with E-state index < -0.39 is 0 Å². The Kier molecular flexibility index (Phi) is 5.12. The molecule has 1 aliphatic rings. The molecule has 0 spiro atoms. The molecule has 0 bridgehead atoms. The van der Waals surface area contributed by atoms with Crippen LogP contribution in [0.2, 0.25) is 5.02 Å². The Morgan fingerprint density at radius 2 is 1.93 bits per heavy atom. The van der Waals surface area contributed by atoms with Gasteiger partial charge in [-0.05, 0) is 73.4 Å². The number of aromatic nitrogens is 3. The highest BCUT2D eigenvalue weighted by Crippen LogP contribution is 2.40. The van der Waals surface area contributed by atoms with E-state index in [1.807, 2.05) is 25.3 Å².